The van der Waals surface area contributed by atoms with Crippen LogP contribution in [0, 0.1) is 12.7 Å². The van der Waals surface area contributed by atoms with Crippen LogP contribution in [0.4, 0.5) is 4.39 Å². The Morgan fingerprint density at radius 3 is 2.65 bits per heavy atom. The predicted molar refractivity (Wildman–Crippen MR) is 76.2 cm³/mol. The van der Waals surface area contributed by atoms with E-state index in [1.807, 2.05) is 12.1 Å². The van der Waals surface area contributed by atoms with Crippen molar-refractivity contribution in [2.45, 2.75) is 40.0 Å². The summed E-state index contributed by atoms with van der Waals surface area (Å²) in [4.78, 5) is 0. The fourth-order valence-electron chi connectivity index (χ4n) is 1.76. The van der Waals surface area contributed by atoms with Gasteiger partial charge in [-0.3, -0.25) is 0 Å². The Labute approximate surface area is 118 Å². The molecule has 0 spiro atoms. The average molecular weight is 277 g/mol. The van der Waals surface area contributed by atoms with E-state index in [0.29, 0.717) is 30.5 Å². The molecule has 0 amide bonds. The minimum atomic E-state index is -0.225. The number of hydrogen-bond acceptors (Lipinski definition) is 3. The second kappa shape index (κ2) is 6.57. The van der Waals surface area contributed by atoms with Gasteiger partial charge in [0.1, 0.15) is 29.7 Å². The monoisotopic (exact) mass is 277 g/mol. The lowest BCUT2D eigenvalue weighted by molar-refractivity contribution is 0.264. The summed E-state index contributed by atoms with van der Waals surface area (Å²) < 4.78 is 24.4. The maximum atomic E-state index is 13.1. The van der Waals surface area contributed by atoms with Gasteiger partial charge in [-0.2, -0.15) is 0 Å². The van der Waals surface area contributed by atoms with Gasteiger partial charge in [0.15, 0.2) is 0 Å². The van der Waals surface area contributed by atoms with Crippen molar-refractivity contribution in [3.8, 4) is 5.75 Å². The first-order chi connectivity index (χ1) is 9.54. The summed E-state index contributed by atoms with van der Waals surface area (Å²) in [6.07, 6.45) is 0. The highest BCUT2D eigenvalue weighted by Crippen LogP contribution is 2.18. The fourth-order valence-corrected chi connectivity index (χ4v) is 1.76. The number of ether oxygens (including phenoxy) is 1. The summed E-state index contributed by atoms with van der Waals surface area (Å²) in [5.74, 6) is 2.06. The number of benzene rings is 1. The van der Waals surface area contributed by atoms with E-state index in [1.165, 1.54) is 6.07 Å². The molecule has 2 rings (SSSR count). The molecule has 1 aromatic heterocycles. The maximum absolute atomic E-state index is 13.1. The van der Waals surface area contributed by atoms with Gasteiger partial charge in [-0.25, -0.2) is 4.39 Å². The molecule has 0 bridgehead atoms. The van der Waals surface area contributed by atoms with Crippen molar-refractivity contribution in [3.63, 3.8) is 0 Å². The summed E-state index contributed by atoms with van der Waals surface area (Å²) in [5.41, 5.74) is 0.573. The van der Waals surface area contributed by atoms with Crippen molar-refractivity contribution in [1.82, 2.24) is 5.32 Å². The lowest BCUT2D eigenvalue weighted by Gasteiger charge is -2.06. The molecule has 108 valence electrons. The zero-order chi connectivity index (χ0) is 14.5. The first-order valence-electron chi connectivity index (χ1n) is 6.74. The summed E-state index contributed by atoms with van der Waals surface area (Å²) in [6, 6.07) is 8.95. The first kappa shape index (κ1) is 14.6. The molecule has 3 nitrogen and oxygen atoms in total. The number of furan rings is 1. The Morgan fingerprint density at radius 2 is 1.95 bits per heavy atom. The van der Waals surface area contributed by atoms with Gasteiger partial charge in [-0.05, 0) is 42.8 Å². The minimum Gasteiger partial charge on any atom is -0.486 e. The van der Waals surface area contributed by atoms with Gasteiger partial charge in [0, 0.05) is 6.04 Å². The van der Waals surface area contributed by atoms with Crippen LogP contribution in [0.5, 0.6) is 5.75 Å². The highest BCUT2D eigenvalue weighted by Gasteiger charge is 2.05. The third kappa shape index (κ3) is 4.10. The zero-order valence-electron chi connectivity index (χ0n) is 12.1. The molecule has 0 atom stereocenters. The van der Waals surface area contributed by atoms with Crippen molar-refractivity contribution >= 4 is 0 Å². The van der Waals surface area contributed by atoms with Crippen molar-refractivity contribution in [2.75, 3.05) is 0 Å². The molecular weight excluding hydrogens is 257 g/mol. The van der Waals surface area contributed by atoms with Crippen molar-refractivity contribution in [1.29, 1.82) is 0 Å². The third-order valence-electron chi connectivity index (χ3n) is 2.91. The van der Waals surface area contributed by atoms with Crippen LogP contribution in [-0.4, -0.2) is 6.04 Å². The summed E-state index contributed by atoms with van der Waals surface area (Å²) in [5, 5.41) is 3.29. The topological polar surface area (TPSA) is 34.4 Å². The Balaban J connectivity index is 1.89. The predicted octanol–water partition coefficient (Wildman–Crippen LogP) is 3.80. The van der Waals surface area contributed by atoms with E-state index in [2.05, 4.69) is 19.2 Å². The molecule has 4 heteroatoms. The van der Waals surface area contributed by atoms with Crippen molar-refractivity contribution < 1.29 is 13.5 Å². The molecular formula is C16H20FNO2. The summed E-state index contributed by atoms with van der Waals surface area (Å²) in [7, 11) is 0. The molecule has 20 heavy (non-hydrogen) atoms. The third-order valence-corrected chi connectivity index (χ3v) is 2.91. The van der Waals surface area contributed by atoms with E-state index in [4.69, 9.17) is 9.15 Å². The summed E-state index contributed by atoms with van der Waals surface area (Å²) >= 11 is 0. The van der Waals surface area contributed by atoms with Gasteiger partial charge < -0.3 is 14.5 Å². The van der Waals surface area contributed by atoms with E-state index in [1.54, 1.807) is 19.1 Å². The lowest BCUT2D eigenvalue weighted by atomic mass is 10.2. The van der Waals surface area contributed by atoms with E-state index in [9.17, 15) is 4.39 Å². The second-order valence-corrected chi connectivity index (χ2v) is 5.10. The fraction of sp³-hybridized carbons (Fsp3) is 0.375. The molecule has 0 saturated carbocycles. The number of halogens is 1. The smallest absolute Gasteiger partial charge is 0.146 e. The summed E-state index contributed by atoms with van der Waals surface area (Å²) in [6.45, 7) is 6.93. The van der Waals surface area contributed by atoms with E-state index in [0.717, 1.165) is 11.5 Å². The molecule has 0 unspecified atom stereocenters. The van der Waals surface area contributed by atoms with Crippen molar-refractivity contribution in [2.24, 2.45) is 0 Å². The molecule has 1 N–H and O–H groups in total. The van der Waals surface area contributed by atoms with Crippen LogP contribution in [0.3, 0.4) is 0 Å². The number of rotatable bonds is 6. The van der Waals surface area contributed by atoms with E-state index < -0.39 is 0 Å². The van der Waals surface area contributed by atoms with Gasteiger partial charge in [0.2, 0.25) is 0 Å². The van der Waals surface area contributed by atoms with Crippen LogP contribution in [0.2, 0.25) is 0 Å². The molecule has 0 fully saturated rings. The highest BCUT2D eigenvalue weighted by molar-refractivity contribution is 5.28. The first-order valence-corrected chi connectivity index (χ1v) is 6.74. The Kier molecular flexibility index (Phi) is 4.79. The Morgan fingerprint density at radius 1 is 1.20 bits per heavy atom. The lowest BCUT2D eigenvalue weighted by Crippen LogP contribution is -2.21. The average Bonchev–Trinajstić information content (AvgIpc) is 2.86. The van der Waals surface area contributed by atoms with E-state index in [-0.39, 0.29) is 5.82 Å². The van der Waals surface area contributed by atoms with Gasteiger partial charge >= 0.3 is 0 Å². The van der Waals surface area contributed by atoms with Gasteiger partial charge in [0.05, 0.1) is 6.54 Å². The largest absolute Gasteiger partial charge is 0.486 e. The van der Waals surface area contributed by atoms with Gasteiger partial charge in [-0.1, -0.05) is 13.8 Å². The zero-order valence-corrected chi connectivity index (χ0v) is 12.1. The van der Waals surface area contributed by atoms with Gasteiger partial charge in [-0.15, -0.1) is 0 Å². The van der Waals surface area contributed by atoms with Crippen LogP contribution < -0.4 is 10.1 Å². The molecule has 2 aromatic rings. The van der Waals surface area contributed by atoms with Crippen molar-refractivity contribution in [3.05, 3.63) is 53.2 Å². The number of hydrogen-bond donors (Lipinski definition) is 1. The molecule has 0 radical (unpaired) electrons. The Bertz CT molecular complexity index is 563. The SMILES string of the molecule is Cc1cc(OCc2ccc(CNC(C)C)o2)ccc1F. The molecule has 1 aromatic carbocycles. The second-order valence-electron chi connectivity index (χ2n) is 5.10. The number of nitrogens with one attached hydrogen (secondary N) is 1. The quantitative estimate of drug-likeness (QED) is 0.872. The van der Waals surface area contributed by atoms with Gasteiger partial charge in [0.25, 0.3) is 0 Å². The minimum absolute atomic E-state index is 0.225. The maximum Gasteiger partial charge on any atom is 0.146 e. The normalized spacial score (nSPS) is 11.1. The van der Waals surface area contributed by atoms with Crippen LogP contribution >= 0.6 is 0 Å². The van der Waals surface area contributed by atoms with E-state index >= 15 is 0 Å². The number of aryl methyl sites for hydroxylation is 1. The molecule has 0 saturated heterocycles. The molecule has 1 heterocycles. The molecule has 0 aliphatic heterocycles. The van der Waals surface area contributed by atoms with Crippen LogP contribution in [0.1, 0.15) is 30.9 Å². The van der Waals surface area contributed by atoms with Crippen LogP contribution in [-0.2, 0) is 13.2 Å². The molecule has 0 aliphatic rings. The standard InChI is InChI=1S/C16H20FNO2/c1-11(2)18-9-14-4-5-15(20-14)10-19-13-6-7-16(17)12(3)8-13/h4-8,11,18H,9-10H2,1-3H3. The van der Waals surface area contributed by atoms with Crippen LogP contribution in [0.15, 0.2) is 34.7 Å². The highest BCUT2D eigenvalue weighted by atomic mass is 19.1. The Hall–Kier alpha value is -1.81. The van der Waals surface area contributed by atoms with Crippen LogP contribution in [0.25, 0.3) is 0 Å². The molecule has 0 aliphatic carbocycles.